The highest BCUT2D eigenvalue weighted by molar-refractivity contribution is 5.78. The first-order valence-electron chi connectivity index (χ1n) is 5.77. The third kappa shape index (κ3) is 2.49. The van der Waals surface area contributed by atoms with E-state index in [0.717, 1.165) is 13.1 Å². The lowest BCUT2D eigenvalue weighted by molar-refractivity contribution is -0.137. The molecule has 14 heavy (non-hydrogen) atoms. The SMILES string of the molecule is CCC1(C)CCCN(C(=O)C(C)C)C1. The third-order valence-corrected chi connectivity index (χ3v) is 3.44. The van der Waals surface area contributed by atoms with Gasteiger partial charge in [0, 0.05) is 19.0 Å². The molecule has 0 aromatic heterocycles. The van der Waals surface area contributed by atoms with E-state index < -0.39 is 0 Å². The first-order valence-corrected chi connectivity index (χ1v) is 5.77. The standard InChI is InChI=1S/C12H23NO/c1-5-12(4)7-6-8-13(9-12)11(14)10(2)3/h10H,5-9H2,1-4H3. The van der Waals surface area contributed by atoms with Crippen LogP contribution >= 0.6 is 0 Å². The van der Waals surface area contributed by atoms with Crippen molar-refractivity contribution in [3.63, 3.8) is 0 Å². The summed E-state index contributed by atoms with van der Waals surface area (Å²) in [5.41, 5.74) is 0.364. The maximum absolute atomic E-state index is 11.8. The Morgan fingerprint density at radius 1 is 1.50 bits per heavy atom. The van der Waals surface area contributed by atoms with Crippen molar-refractivity contribution >= 4 is 5.91 Å². The van der Waals surface area contributed by atoms with Crippen molar-refractivity contribution in [2.24, 2.45) is 11.3 Å². The van der Waals surface area contributed by atoms with Crippen LogP contribution in [0.2, 0.25) is 0 Å². The number of likely N-dealkylation sites (tertiary alicyclic amines) is 1. The van der Waals surface area contributed by atoms with Crippen LogP contribution in [0.3, 0.4) is 0 Å². The molecule has 1 heterocycles. The average molecular weight is 197 g/mol. The van der Waals surface area contributed by atoms with Crippen LogP contribution in [0.25, 0.3) is 0 Å². The minimum atomic E-state index is 0.147. The van der Waals surface area contributed by atoms with Crippen LogP contribution in [0, 0.1) is 11.3 Å². The van der Waals surface area contributed by atoms with Gasteiger partial charge in [-0.3, -0.25) is 4.79 Å². The molecule has 0 aromatic carbocycles. The Kier molecular flexibility index (Phi) is 3.57. The average Bonchev–Trinajstić information content (AvgIpc) is 2.16. The molecule has 2 heteroatoms. The van der Waals surface area contributed by atoms with Crippen LogP contribution in [0.15, 0.2) is 0 Å². The fourth-order valence-electron chi connectivity index (χ4n) is 2.16. The number of piperidine rings is 1. The highest BCUT2D eigenvalue weighted by Gasteiger charge is 2.32. The first-order chi connectivity index (χ1) is 6.48. The summed E-state index contributed by atoms with van der Waals surface area (Å²) in [5.74, 6) is 0.471. The van der Waals surface area contributed by atoms with Gasteiger partial charge >= 0.3 is 0 Å². The van der Waals surface area contributed by atoms with Gasteiger partial charge in [0.05, 0.1) is 0 Å². The lowest BCUT2D eigenvalue weighted by Gasteiger charge is -2.40. The maximum Gasteiger partial charge on any atom is 0.225 e. The van der Waals surface area contributed by atoms with Crippen LogP contribution in [0.5, 0.6) is 0 Å². The molecule has 82 valence electrons. The van der Waals surface area contributed by atoms with Gasteiger partial charge in [-0.15, -0.1) is 0 Å². The van der Waals surface area contributed by atoms with Crippen molar-refractivity contribution in [3.8, 4) is 0 Å². The number of hydrogen-bond donors (Lipinski definition) is 0. The maximum atomic E-state index is 11.8. The summed E-state index contributed by atoms with van der Waals surface area (Å²) in [5, 5.41) is 0. The monoisotopic (exact) mass is 197 g/mol. The molecule has 0 radical (unpaired) electrons. The number of carbonyl (C=O) groups is 1. The van der Waals surface area contributed by atoms with E-state index in [1.54, 1.807) is 0 Å². The molecule has 1 aliphatic rings. The summed E-state index contributed by atoms with van der Waals surface area (Å²) in [6, 6.07) is 0. The van der Waals surface area contributed by atoms with E-state index in [-0.39, 0.29) is 5.92 Å². The second-order valence-corrected chi connectivity index (χ2v) is 5.18. The van der Waals surface area contributed by atoms with Gasteiger partial charge in [0.15, 0.2) is 0 Å². The fraction of sp³-hybridized carbons (Fsp3) is 0.917. The Morgan fingerprint density at radius 3 is 2.64 bits per heavy atom. The number of hydrogen-bond acceptors (Lipinski definition) is 1. The van der Waals surface area contributed by atoms with E-state index in [0.29, 0.717) is 11.3 Å². The van der Waals surface area contributed by atoms with Gasteiger partial charge in [-0.25, -0.2) is 0 Å². The number of rotatable bonds is 2. The minimum Gasteiger partial charge on any atom is -0.342 e. The van der Waals surface area contributed by atoms with Gasteiger partial charge in [-0.1, -0.05) is 27.7 Å². The van der Waals surface area contributed by atoms with Crippen molar-refractivity contribution in [1.29, 1.82) is 0 Å². The number of carbonyl (C=O) groups excluding carboxylic acids is 1. The number of nitrogens with zero attached hydrogens (tertiary/aromatic N) is 1. The smallest absolute Gasteiger partial charge is 0.225 e. The molecule has 0 aromatic rings. The molecule has 1 unspecified atom stereocenters. The van der Waals surface area contributed by atoms with Gasteiger partial charge in [0.25, 0.3) is 0 Å². The van der Waals surface area contributed by atoms with E-state index in [9.17, 15) is 4.79 Å². The molecule has 1 fully saturated rings. The van der Waals surface area contributed by atoms with Crippen molar-refractivity contribution < 1.29 is 4.79 Å². The summed E-state index contributed by atoms with van der Waals surface area (Å²) in [6.45, 7) is 10.4. The Hall–Kier alpha value is -0.530. The zero-order chi connectivity index (χ0) is 10.8. The summed E-state index contributed by atoms with van der Waals surface area (Å²) in [4.78, 5) is 13.9. The second kappa shape index (κ2) is 4.33. The molecule has 0 saturated carbocycles. The van der Waals surface area contributed by atoms with Gasteiger partial charge in [0.2, 0.25) is 5.91 Å². The lowest BCUT2D eigenvalue weighted by atomic mass is 9.79. The number of amides is 1. The van der Waals surface area contributed by atoms with Crippen LogP contribution < -0.4 is 0 Å². The normalized spacial score (nSPS) is 28.2. The van der Waals surface area contributed by atoms with Gasteiger partial charge in [0.1, 0.15) is 0 Å². The van der Waals surface area contributed by atoms with Gasteiger partial charge < -0.3 is 4.90 Å². The van der Waals surface area contributed by atoms with Crippen LogP contribution in [0.1, 0.15) is 47.0 Å². The molecule has 0 bridgehead atoms. The molecule has 1 saturated heterocycles. The Balaban J connectivity index is 2.60. The molecule has 1 aliphatic heterocycles. The van der Waals surface area contributed by atoms with Crippen molar-refractivity contribution in [3.05, 3.63) is 0 Å². The quantitative estimate of drug-likeness (QED) is 0.666. The topological polar surface area (TPSA) is 20.3 Å². The van der Waals surface area contributed by atoms with Crippen molar-refractivity contribution in [1.82, 2.24) is 4.90 Å². The summed E-state index contributed by atoms with van der Waals surface area (Å²) >= 11 is 0. The molecule has 0 aliphatic carbocycles. The Bertz CT molecular complexity index is 212. The van der Waals surface area contributed by atoms with Gasteiger partial charge in [-0.05, 0) is 24.7 Å². The van der Waals surface area contributed by atoms with Gasteiger partial charge in [-0.2, -0.15) is 0 Å². The highest BCUT2D eigenvalue weighted by atomic mass is 16.2. The van der Waals surface area contributed by atoms with Crippen LogP contribution in [-0.2, 0) is 4.79 Å². The van der Waals surface area contributed by atoms with E-state index in [1.165, 1.54) is 19.3 Å². The third-order valence-electron chi connectivity index (χ3n) is 3.44. The van der Waals surface area contributed by atoms with Crippen LogP contribution in [-0.4, -0.2) is 23.9 Å². The highest BCUT2D eigenvalue weighted by Crippen LogP contribution is 2.32. The van der Waals surface area contributed by atoms with E-state index in [2.05, 4.69) is 18.7 Å². The lowest BCUT2D eigenvalue weighted by Crippen LogP contribution is -2.46. The molecule has 2 nitrogen and oxygen atoms in total. The van der Waals surface area contributed by atoms with Crippen molar-refractivity contribution in [2.75, 3.05) is 13.1 Å². The zero-order valence-corrected chi connectivity index (χ0v) is 9.97. The molecular formula is C12H23NO. The summed E-state index contributed by atoms with van der Waals surface area (Å²) in [6.07, 6.45) is 3.61. The van der Waals surface area contributed by atoms with Crippen molar-refractivity contribution in [2.45, 2.75) is 47.0 Å². The van der Waals surface area contributed by atoms with E-state index in [4.69, 9.17) is 0 Å². The van der Waals surface area contributed by atoms with E-state index >= 15 is 0 Å². The Morgan fingerprint density at radius 2 is 2.14 bits per heavy atom. The largest absolute Gasteiger partial charge is 0.342 e. The summed E-state index contributed by atoms with van der Waals surface area (Å²) < 4.78 is 0. The molecule has 1 rings (SSSR count). The van der Waals surface area contributed by atoms with Crippen LogP contribution in [0.4, 0.5) is 0 Å². The first kappa shape index (κ1) is 11.5. The molecule has 1 amide bonds. The fourth-order valence-corrected chi connectivity index (χ4v) is 2.16. The molecule has 0 spiro atoms. The Labute approximate surface area is 87.7 Å². The summed E-state index contributed by atoms with van der Waals surface area (Å²) in [7, 11) is 0. The predicted molar refractivity (Wildman–Crippen MR) is 59.1 cm³/mol. The molecule has 1 atom stereocenters. The predicted octanol–water partition coefficient (Wildman–Crippen LogP) is 2.68. The second-order valence-electron chi connectivity index (χ2n) is 5.18. The molecule has 0 N–H and O–H groups in total. The minimum absolute atomic E-state index is 0.147. The van der Waals surface area contributed by atoms with E-state index in [1.807, 2.05) is 13.8 Å². The molecular weight excluding hydrogens is 174 g/mol. The zero-order valence-electron chi connectivity index (χ0n) is 9.97.